The van der Waals surface area contributed by atoms with Gasteiger partial charge in [-0.2, -0.15) is 0 Å². The van der Waals surface area contributed by atoms with E-state index in [0.29, 0.717) is 11.4 Å². The summed E-state index contributed by atoms with van der Waals surface area (Å²) in [5.74, 6) is 0.128. The minimum atomic E-state index is -3.64. The van der Waals surface area contributed by atoms with Gasteiger partial charge in [-0.15, -0.1) is 0 Å². The smallest absolute Gasteiger partial charge is 0.262 e. The van der Waals surface area contributed by atoms with Crippen LogP contribution in [0.4, 0.5) is 5.69 Å². The molecule has 2 aromatic carbocycles. The number of amides is 1. The molecule has 1 saturated heterocycles. The third kappa shape index (κ3) is 4.35. The number of anilines is 1. The van der Waals surface area contributed by atoms with Gasteiger partial charge in [0.1, 0.15) is 5.75 Å². The number of rotatable bonds is 5. The van der Waals surface area contributed by atoms with E-state index in [2.05, 4.69) is 27.1 Å². The Hall–Kier alpha value is -2.42. The normalized spacial score (nSPS) is 18.2. The van der Waals surface area contributed by atoms with Gasteiger partial charge in [-0.1, -0.05) is 30.3 Å². The monoisotopic (exact) mass is 401 g/mol. The molecule has 1 fully saturated rings. The Kier molecular flexibility index (Phi) is 5.34. The number of carbonyl (C=O) groups excluding carboxylic acids is 1. The summed E-state index contributed by atoms with van der Waals surface area (Å²) in [4.78, 5) is 13.8. The fourth-order valence-corrected chi connectivity index (χ4v) is 4.88. The van der Waals surface area contributed by atoms with Gasteiger partial charge in [0.05, 0.1) is 10.6 Å². The largest absolute Gasteiger partial charge is 0.482 e. The van der Waals surface area contributed by atoms with Crippen LogP contribution in [0.3, 0.4) is 0 Å². The molecule has 148 valence electrons. The van der Waals surface area contributed by atoms with Crippen LogP contribution in [0.25, 0.3) is 0 Å². The Balaban J connectivity index is 1.36. The highest BCUT2D eigenvalue weighted by Gasteiger charge is 2.26. The van der Waals surface area contributed by atoms with E-state index >= 15 is 0 Å². The van der Waals surface area contributed by atoms with Gasteiger partial charge in [0, 0.05) is 31.7 Å². The van der Waals surface area contributed by atoms with E-state index in [9.17, 15) is 13.2 Å². The summed E-state index contributed by atoms with van der Waals surface area (Å²) in [6.45, 7) is 2.47. The minimum Gasteiger partial charge on any atom is -0.482 e. The van der Waals surface area contributed by atoms with Crippen LogP contribution in [0.2, 0.25) is 0 Å². The highest BCUT2D eigenvalue weighted by molar-refractivity contribution is 7.89. The van der Waals surface area contributed by atoms with E-state index in [1.54, 1.807) is 6.07 Å². The number of nitrogens with one attached hydrogen (secondary N) is 2. The zero-order valence-electron chi connectivity index (χ0n) is 15.4. The molecule has 4 rings (SSSR count). The summed E-state index contributed by atoms with van der Waals surface area (Å²) < 4.78 is 33.6. The predicted octanol–water partition coefficient (Wildman–Crippen LogP) is 1.96. The fraction of sp³-hybridized carbons (Fsp3) is 0.350. The van der Waals surface area contributed by atoms with E-state index in [1.165, 1.54) is 17.7 Å². The molecule has 2 N–H and O–H groups in total. The van der Waals surface area contributed by atoms with E-state index in [4.69, 9.17) is 4.74 Å². The number of sulfonamides is 1. The third-order valence-electron chi connectivity index (χ3n) is 5.05. The van der Waals surface area contributed by atoms with E-state index in [1.807, 2.05) is 18.2 Å². The molecule has 2 aromatic rings. The van der Waals surface area contributed by atoms with Gasteiger partial charge in [0.15, 0.2) is 6.61 Å². The maximum Gasteiger partial charge on any atom is 0.262 e. The van der Waals surface area contributed by atoms with Crippen molar-refractivity contribution in [3.63, 3.8) is 0 Å². The molecule has 0 aromatic heterocycles. The molecular formula is C20H23N3O4S. The number of nitrogens with zero attached hydrogens (tertiary/aromatic N) is 1. The van der Waals surface area contributed by atoms with Crippen molar-refractivity contribution in [2.45, 2.75) is 30.3 Å². The number of carbonyl (C=O) groups is 1. The van der Waals surface area contributed by atoms with Crippen LogP contribution >= 0.6 is 0 Å². The van der Waals surface area contributed by atoms with Crippen molar-refractivity contribution >= 4 is 21.6 Å². The number of benzene rings is 2. The van der Waals surface area contributed by atoms with Crippen LogP contribution < -0.4 is 14.8 Å². The van der Waals surface area contributed by atoms with Crippen LogP contribution in [0.5, 0.6) is 5.75 Å². The van der Waals surface area contributed by atoms with Gasteiger partial charge < -0.3 is 10.1 Å². The van der Waals surface area contributed by atoms with E-state index in [-0.39, 0.29) is 23.5 Å². The first-order valence-electron chi connectivity index (χ1n) is 9.35. The second-order valence-electron chi connectivity index (χ2n) is 7.15. The molecule has 1 amide bonds. The zero-order chi connectivity index (χ0) is 19.6. The molecule has 0 bridgehead atoms. The minimum absolute atomic E-state index is 0.0892. The Morgan fingerprint density at radius 1 is 1.11 bits per heavy atom. The number of fused-ring (bicyclic) bond motifs is 1. The maximum atomic E-state index is 12.8. The van der Waals surface area contributed by atoms with Crippen LogP contribution in [-0.2, 0) is 21.4 Å². The molecule has 28 heavy (non-hydrogen) atoms. The first-order valence-corrected chi connectivity index (χ1v) is 10.8. The van der Waals surface area contributed by atoms with E-state index < -0.39 is 10.0 Å². The van der Waals surface area contributed by atoms with Crippen molar-refractivity contribution in [2.75, 3.05) is 25.0 Å². The van der Waals surface area contributed by atoms with Crippen molar-refractivity contribution in [1.82, 2.24) is 9.62 Å². The summed E-state index contributed by atoms with van der Waals surface area (Å²) in [5, 5.41) is 2.66. The molecule has 2 aliphatic heterocycles. The van der Waals surface area contributed by atoms with Crippen LogP contribution in [0.15, 0.2) is 53.4 Å². The molecule has 0 saturated carbocycles. The van der Waals surface area contributed by atoms with Crippen LogP contribution in [0.1, 0.15) is 18.4 Å². The lowest BCUT2D eigenvalue weighted by atomic mass is 10.1. The lowest BCUT2D eigenvalue weighted by Crippen LogP contribution is -2.44. The summed E-state index contributed by atoms with van der Waals surface area (Å²) in [5.41, 5.74) is 1.76. The van der Waals surface area contributed by atoms with Crippen molar-refractivity contribution in [2.24, 2.45) is 0 Å². The molecule has 0 spiro atoms. The highest BCUT2D eigenvalue weighted by Crippen LogP contribution is 2.30. The van der Waals surface area contributed by atoms with Crippen molar-refractivity contribution in [3.8, 4) is 5.75 Å². The lowest BCUT2D eigenvalue weighted by molar-refractivity contribution is -0.118. The van der Waals surface area contributed by atoms with Crippen LogP contribution in [-0.4, -0.2) is 45.0 Å². The van der Waals surface area contributed by atoms with Crippen LogP contribution in [0, 0.1) is 0 Å². The Bertz CT molecular complexity index is 955. The van der Waals surface area contributed by atoms with Gasteiger partial charge >= 0.3 is 0 Å². The third-order valence-corrected chi connectivity index (χ3v) is 6.57. The number of hydrogen-bond acceptors (Lipinski definition) is 5. The Morgan fingerprint density at radius 3 is 2.61 bits per heavy atom. The second-order valence-corrected chi connectivity index (χ2v) is 8.87. The molecule has 2 heterocycles. The molecule has 8 heteroatoms. The topological polar surface area (TPSA) is 87.7 Å². The van der Waals surface area contributed by atoms with E-state index in [0.717, 1.165) is 32.5 Å². The van der Waals surface area contributed by atoms with Gasteiger partial charge in [-0.25, -0.2) is 13.1 Å². The highest BCUT2D eigenvalue weighted by atomic mass is 32.2. The standard InChI is InChI=1S/C20H23N3O4S/c24-20-14-27-19-12-17(6-7-18(19)21-20)28(25,26)22-16-8-10-23(11-9-16)13-15-4-2-1-3-5-15/h1-7,12,16,22H,8-11,13-14H2,(H,21,24). The Morgan fingerprint density at radius 2 is 1.86 bits per heavy atom. The molecule has 7 nitrogen and oxygen atoms in total. The molecule has 2 aliphatic rings. The summed E-state index contributed by atoms with van der Waals surface area (Å²) >= 11 is 0. The summed E-state index contributed by atoms with van der Waals surface area (Å²) in [6.07, 6.45) is 1.53. The Labute approximate surface area is 164 Å². The fourth-order valence-electron chi connectivity index (χ4n) is 3.56. The van der Waals surface area contributed by atoms with Gasteiger partial charge in [-0.05, 0) is 30.5 Å². The van der Waals surface area contributed by atoms with Crippen molar-refractivity contribution in [3.05, 3.63) is 54.1 Å². The average molecular weight is 401 g/mol. The number of piperidine rings is 1. The quantitative estimate of drug-likeness (QED) is 0.800. The maximum absolute atomic E-state index is 12.8. The summed E-state index contributed by atoms with van der Waals surface area (Å²) in [7, 11) is -3.64. The molecule has 0 radical (unpaired) electrons. The number of hydrogen-bond donors (Lipinski definition) is 2. The first kappa shape index (κ1) is 18.9. The van der Waals surface area contributed by atoms with Crippen molar-refractivity contribution in [1.29, 1.82) is 0 Å². The molecule has 0 aliphatic carbocycles. The lowest BCUT2D eigenvalue weighted by Gasteiger charge is -2.32. The number of ether oxygens (including phenoxy) is 1. The summed E-state index contributed by atoms with van der Waals surface area (Å²) in [6, 6.07) is 14.7. The van der Waals surface area contributed by atoms with Crippen molar-refractivity contribution < 1.29 is 17.9 Å². The predicted molar refractivity (Wildman–Crippen MR) is 106 cm³/mol. The van der Waals surface area contributed by atoms with Gasteiger partial charge in [-0.3, -0.25) is 9.69 Å². The zero-order valence-corrected chi connectivity index (χ0v) is 16.2. The molecule has 0 atom stereocenters. The molecular weight excluding hydrogens is 378 g/mol. The molecule has 0 unspecified atom stereocenters. The SMILES string of the molecule is O=C1COc2cc(S(=O)(=O)NC3CCN(Cc4ccccc4)CC3)ccc2N1. The van der Waals surface area contributed by atoms with Gasteiger partial charge in [0.25, 0.3) is 5.91 Å². The second kappa shape index (κ2) is 7.90. The first-order chi connectivity index (χ1) is 13.5. The van der Waals surface area contributed by atoms with Gasteiger partial charge in [0.2, 0.25) is 10.0 Å². The number of likely N-dealkylation sites (tertiary alicyclic amines) is 1. The average Bonchev–Trinajstić information content (AvgIpc) is 2.69.